The van der Waals surface area contributed by atoms with E-state index in [-0.39, 0.29) is 6.54 Å². The third-order valence-corrected chi connectivity index (χ3v) is 4.58. The minimum atomic E-state index is -1.26. The maximum atomic E-state index is 10.4. The highest BCUT2D eigenvalue weighted by molar-refractivity contribution is 5.09. The molecule has 1 aliphatic heterocycles. The Morgan fingerprint density at radius 1 is 1.16 bits per heavy atom. The lowest BCUT2D eigenvalue weighted by Crippen LogP contribution is -2.51. The molecular weight excluding hydrogens is 324 g/mol. The van der Waals surface area contributed by atoms with Crippen molar-refractivity contribution in [2.75, 3.05) is 26.3 Å². The highest BCUT2D eigenvalue weighted by Gasteiger charge is 2.33. The summed E-state index contributed by atoms with van der Waals surface area (Å²) in [6, 6.07) is 3.86. The monoisotopic (exact) mass is 354 g/mol. The van der Waals surface area contributed by atoms with E-state index in [0.717, 1.165) is 37.8 Å². The van der Waals surface area contributed by atoms with Crippen LogP contribution in [0.25, 0.3) is 0 Å². The zero-order valence-corrected chi connectivity index (χ0v) is 14.6. The third-order valence-electron chi connectivity index (χ3n) is 4.58. The van der Waals surface area contributed by atoms with Gasteiger partial charge in [-0.05, 0) is 37.1 Å². The van der Waals surface area contributed by atoms with Gasteiger partial charge in [0.2, 0.25) is 0 Å². The van der Waals surface area contributed by atoms with Crippen LogP contribution in [0.2, 0.25) is 0 Å². The van der Waals surface area contributed by atoms with Crippen molar-refractivity contribution in [2.45, 2.75) is 56.6 Å². The summed E-state index contributed by atoms with van der Waals surface area (Å²) >= 11 is 0. The first-order chi connectivity index (χ1) is 12.1. The molecule has 4 N–H and O–H groups in total. The first kappa shape index (κ1) is 20.2. The molecule has 0 aliphatic carbocycles. The van der Waals surface area contributed by atoms with Crippen LogP contribution in [0.15, 0.2) is 24.5 Å². The lowest BCUT2D eigenvalue weighted by atomic mass is 10.0. The molecule has 1 aliphatic rings. The van der Waals surface area contributed by atoms with Gasteiger partial charge in [-0.1, -0.05) is 12.8 Å². The van der Waals surface area contributed by atoms with Crippen LogP contribution in [-0.4, -0.2) is 81.0 Å². The molecule has 0 spiro atoms. The van der Waals surface area contributed by atoms with Gasteiger partial charge in [-0.2, -0.15) is 0 Å². The first-order valence-electron chi connectivity index (χ1n) is 8.99. The fraction of sp³-hybridized carbons (Fsp3) is 0.722. The first-order valence-corrected chi connectivity index (χ1v) is 8.99. The van der Waals surface area contributed by atoms with Crippen molar-refractivity contribution in [3.63, 3.8) is 0 Å². The smallest absolute Gasteiger partial charge is 0.114 e. The Morgan fingerprint density at radius 3 is 2.60 bits per heavy atom. The van der Waals surface area contributed by atoms with Crippen LogP contribution in [0.5, 0.6) is 0 Å². The van der Waals surface area contributed by atoms with Crippen LogP contribution >= 0.6 is 0 Å². The quantitative estimate of drug-likeness (QED) is 0.599. The van der Waals surface area contributed by atoms with E-state index in [1.807, 2.05) is 12.1 Å². The van der Waals surface area contributed by atoms with Crippen LogP contribution in [0.4, 0.5) is 0 Å². The van der Waals surface area contributed by atoms with Gasteiger partial charge in [0, 0.05) is 32.1 Å². The Hall–Kier alpha value is -1.09. The zero-order valence-electron chi connectivity index (χ0n) is 14.6. The highest BCUT2D eigenvalue weighted by Crippen LogP contribution is 2.15. The second-order valence-corrected chi connectivity index (χ2v) is 6.65. The predicted octanol–water partition coefficient (Wildman–Crippen LogP) is -0.0822. The molecule has 142 valence electrons. The van der Waals surface area contributed by atoms with Gasteiger partial charge in [0.05, 0.1) is 12.7 Å². The molecule has 0 amide bonds. The van der Waals surface area contributed by atoms with E-state index in [1.165, 1.54) is 0 Å². The van der Waals surface area contributed by atoms with Crippen molar-refractivity contribution < 1.29 is 25.2 Å². The lowest BCUT2D eigenvalue weighted by molar-refractivity contribution is -0.147. The minimum Gasteiger partial charge on any atom is -0.394 e. The number of ether oxygens (including phenoxy) is 1. The molecule has 7 nitrogen and oxygen atoms in total. The molecule has 4 atom stereocenters. The molecular formula is C18H30N2O5. The van der Waals surface area contributed by atoms with Crippen molar-refractivity contribution in [1.82, 2.24) is 9.88 Å². The molecule has 0 bridgehead atoms. The summed E-state index contributed by atoms with van der Waals surface area (Å²) in [5, 5.41) is 40.0. The average Bonchev–Trinajstić information content (AvgIpc) is 2.62. The predicted molar refractivity (Wildman–Crippen MR) is 92.8 cm³/mol. The Labute approximate surface area is 148 Å². The SMILES string of the molecule is OC[C@@H](O)[C@H]1OCCCCCCN(Cc2ccncc2)C[C@H](O)[C@H]1O. The molecule has 1 saturated heterocycles. The Morgan fingerprint density at radius 2 is 1.88 bits per heavy atom. The second-order valence-electron chi connectivity index (χ2n) is 6.65. The van der Waals surface area contributed by atoms with Crippen molar-refractivity contribution in [3.8, 4) is 0 Å². The number of aromatic nitrogens is 1. The van der Waals surface area contributed by atoms with Gasteiger partial charge in [-0.15, -0.1) is 0 Å². The number of nitrogens with zero attached hydrogens (tertiary/aromatic N) is 2. The summed E-state index contributed by atoms with van der Waals surface area (Å²) in [5.74, 6) is 0. The lowest BCUT2D eigenvalue weighted by Gasteiger charge is -2.33. The van der Waals surface area contributed by atoms with Gasteiger partial charge >= 0.3 is 0 Å². The summed E-state index contributed by atoms with van der Waals surface area (Å²) in [4.78, 5) is 6.10. The molecule has 2 rings (SSSR count). The van der Waals surface area contributed by atoms with Crippen LogP contribution in [-0.2, 0) is 11.3 Å². The Balaban J connectivity index is 2.06. The summed E-state index contributed by atoms with van der Waals surface area (Å²) < 4.78 is 5.56. The van der Waals surface area contributed by atoms with E-state index in [4.69, 9.17) is 4.74 Å². The van der Waals surface area contributed by atoms with Gasteiger partial charge in [0.1, 0.15) is 18.3 Å². The number of hydrogen-bond donors (Lipinski definition) is 4. The van der Waals surface area contributed by atoms with E-state index >= 15 is 0 Å². The molecule has 0 unspecified atom stereocenters. The molecule has 1 aromatic rings. The number of β-amino-alcohol motifs (C(OH)–C–C–N with tert-alkyl or cyclic N) is 1. The number of pyridine rings is 1. The van der Waals surface area contributed by atoms with Crippen molar-refractivity contribution >= 4 is 0 Å². The highest BCUT2D eigenvalue weighted by atomic mass is 16.5. The van der Waals surface area contributed by atoms with Gasteiger partial charge in [-0.3, -0.25) is 9.88 Å². The molecule has 1 aromatic heterocycles. The van der Waals surface area contributed by atoms with Crippen LogP contribution in [0.1, 0.15) is 31.2 Å². The molecule has 7 heteroatoms. The maximum Gasteiger partial charge on any atom is 0.114 e. The molecule has 1 fully saturated rings. The van der Waals surface area contributed by atoms with E-state index in [0.29, 0.717) is 13.2 Å². The van der Waals surface area contributed by atoms with Gasteiger partial charge in [0.15, 0.2) is 0 Å². The van der Waals surface area contributed by atoms with E-state index in [9.17, 15) is 20.4 Å². The van der Waals surface area contributed by atoms with Crippen LogP contribution in [0.3, 0.4) is 0 Å². The maximum absolute atomic E-state index is 10.4. The molecule has 0 aromatic carbocycles. The Bertz CT molecular complexity index is 476. The number of aliphatic hydroxyl groups excluding tert-OH is 4. The Kier molecular flexibility index (Phi) is 8.74. The van der Waals surface area contributed by atoms with Gasteiger partial charge < -0.3 is 25.2 Å². The van der Waals surface area contributed by atoms with Crippen LogP contribution < -0.4 is 0 Å². The molecule has 25 heavy (non-hydrogen) atoms. The average molecular weight is 354 g/mol. The molecule has 2 heterocycles. The summed E-state index contributed by atoms with van der Waals surface area (Å²) in [5.41, 5.74) is 1.09. The number of aliphatic hydroxyl groups is 4. The van der Waals surface area contributed by atoms with Gasteiger partial charge in [0.25, 0.3) is 0 Å². The number of hydrogen-bond acceptors (Lipinski definition) is 7. The van der Waals surface area contributed by atoms with E-state index in [1.54, 1.807) is 12.4 Å². The van der Waals surface area contributed by atoms with Crippen molar-refractivity contribution in [1.29, 1.82) is 0 Å². The summed E-state index contributed by atoms with van der Waals surface area (Å²) in [6.07, 6.45) is 2.80. The fourth-order valence-corrected chi connectivity index (χ4v) is 3.12. The topological polar surface area (TPSA) is 106 Å². The van der Waals surface area contributed by atoms with Crippen molar-refractivity contribution in [2.24, 2.45) is 0 Å². The third kappa shape index (κ3) is 6.62. The number of rotatable bonds is 4. The summed E-state index contributed by atoms with van der Waals surface area (Å²) in [7, 11) is 0. The standard InChI is InChI=1S/C18H30N2O5/c21-13-16(23)18-17(24)15(22)12-20(9-3-1-2-4-10-25-18)11-14-5-7-19-8-6-14/h5-8,15-18,21-24H,1-4,9-13H2/t15-,16+,17+,18+/m0/s1. The fourth-order valence-electron chi connectivity index (χ4n) is 3.12. The largest absolute Gasteiger partial charge is 0.394 e. The normalized spacial score (nSPS) is 28.7. The molecule has 0 radical (unpaired) electrons. The van der Waals surface area contributed by atoms with Crippen LogP contribution in [0, 0.1) is 0 Å². The van der Waals surface area contributed by atoms with Gasteiger partial charge in [-0.25, -0.2) is 0 Å². The van der Waals surface area contributed by atoms with E-state index in [2.05, 4.69) is 9.88 Å². The van der Waals surface area contributed by atoms with E-state index < -0.39 is 31.0 Å². The molecule has 0 saturated carbocycles. The van der Waals surface area contributed by atoms with Crippen molar-refractivity contribution in [3.05, 3.63) is 30.1 Å². The summed E-state index contributed by atoms with van der Waals surface area (Å²) in [6.45, 7) is 1.61. The minimum absolute atomic E-state index is 0.265. The second kappa shape index (κ2) is 10.8. The zero-order chi connectivity index (χ0) is 18.1.